The molecule has 0 aliphatic heterocycles. The summed E-state index contributed by atoms with van der Waals surface area (Å²) in [6, 6.07) is 22.3. The summed E-state index contributed by atoms with van der Waals surface area (Å²) in [5.41, 5.74) is 1.17. The third kappa shape index (κ3) is 3.01. The van der Waals surface area contributed by atoms with Crippen molar-refractivity contribution in [2.45, 2.75) is 24.8 Å². The Morgan fingerprint density at radius 1 is 1.06 bits per heavy atom. The van der Waals surface area contributed by atoms with Crippen molar-refractivity contribution in [2.24, 2.45) is 5.41 Å². The maximum atomic E-state index is 13.8. The number of carbonyl (C=O) groups excluding carboxylic acids is 1. The Labute approximate surface area is 209 Å². The predicted molar refractivity (Wildman–Crippen MR) is 133 cm³/mol. The summed E-state index contributed by atoms with van der Waals surface area (Å²) in [4.78, 5) is 30.8. The summed E-state index contributed by atoms with van der Waals surface area (Å²) in [5, 5.41) is 22.6. The molecule has 3 aliphatic carbocycles. The molecule has 1 amide bonds. The molecule has 2 N–H and O–H groups in total. The van der Waals surface area contributed by atoms with Crippen LogP contribution in [-0.4, -0.2) is 26.0 Å². The second-order valence-electron chi connectivity index (χ2n) is 9.29. The first-order chi connectivity index (χ1) is 16.8. The Morgan fingerprint density at radius 2 is 1.66 bits per heavy atom. The van der Waals surface area contributed by atoms with Gasteiger partial charge in [0.1, 0.15) is 0 Å². The maximum Gasteiger partial charge on any atom is 0.273 e. The number of aromatic amines is 1. The molecule has 1 heterocycles. The first-order valence-corrected chi connectivity index (χ1v) is 12.0. The molecule has 1 unspecified atom stereocenters. The number of nitro groups is 1. The molecule has 1 aromatic heterocycles. The normalized spacial score (nSPS) is 23.9. The topological polar surface area (TPSA) is 114 Å². The summed E-state index contributed by atoms with van der Waals surface area (Å²) >= 11 is 3.41. The van der Waals surface area contributed by atoms with Crippen LogP contribution in [0.5, 0.6) is 0 Å². The number of H-pyrrole nitrogens is 1. The molecule has 0 saturated heterocycles. The monoisotopic (exact) mass is 529 g/mol. The van der Waals surface area contributed by atoms with Gasteiger partial charge in [-0.2, -0.15) is 10.1 Å². The minimum absolute atomic E-state index is 0.0469. The number of rotatable bonds is 4. The lowest BCUT2D eigenvalue weighted by Crippen LogP contribution is -2.57. The van der Waals surface area contributed by atoms with Gasteiger partial charge in [0, 0.05) is 38.4 Å². The van der Waals surface area contributed by atoms with E-state index in [4.69, 9.17) is 0 Å². The number of aromatic nitrogens is 3. The molecule has 3 aliphatic rings. The van der Waals surface area contributed by atoms with Crippen LogP contribution in [0.25, 0.3) is 11.4 Å². The van der Waals surface area contributed by atoms with Gasteiger partial charge < -0.3 is 0 Å². The number of fused-ring (bicyclic) bond motifs is 1. The van der Waals surface area contributed by atoms with Crippen LogP contribution in [0.3, 0.4) is 0 Å². The lowest BCUT2D eigenvalue weighted by Gasteiger charge is -2.52. The van der Waals surface area contributed by atoms with Gasteiger partial charge in [0.15, 0.2) is 5.82 Å². The fourth-order valence-electron chi connectivity index (χ4n) is 5.84. The van der Waals surface area contributed by atoms with E-state index in [0.29, 0.717) is 17.0 Å². The van der Waals surface area contributed by atoms with Gasteiger partial charge in [-0.15, -0.1) is 0 Å². The van der Waals surface area contributed by atoms with Crippen LogP contribution < -0.4 is 5.32 Å². The zero-order valence-electron chi connectivity index (χ0n) is 18.7. The van der Waals surface area contributed by atoms with Gasteiger partial charge in [-0.1, -0.05) is 76.6 Å². The van der Waals surface area contributed by atoms with Gasteiger partial charge >= 0.3 is 0 Å². The van der Waals surface area contributed by atoms with Gasteiger partial charge in [-0.3, -0.25) is 20.2 Å². The quantitative estimate of drug-likeness (QED) is 0.277. The average molecular weight is 530 g/mol. The van der Waals surface area contributed by atoms with Crippen LogP contribution >= 0.6 is 15.9 Å². The van der Waals surface area contributed by atoms with E-state index in [1.54, 1.807) is 0 Å². The highest BCUT2D eigenvalue weighted by Gasteiger charge is 2.67. The van der Waals surface area contributed by atoms with Gasteiger partial charge in [0.25, 0.3) is 5.54 Å². The Balaban J connectivity index is 1.42. The number of anilines is 1. The number of nitrogens with one attached hydrogen (secondary N) is 2. The molecule has 0 spiro atoms. The number of carbonyl (C=O) groups is 1. The van der Waals surface area contributed by atoms with Crippen LogP contribution in [0.4, 0.5) is 5.95 Å². The SMILES string of the molecule is CC1(C(=O)Nc2nc(-c3ccc(Br)cc3)n[nH]2)CC2([N+](=O)[O-])c3ccccc3C1c1ccccc12. The highest BCUT2D eigenvalue weighted by atomic mass is 79.9. The highest BCUT2D eigenvalue weighted by Crippen LogP contribution is 2.63. The van der Waals surface area contributed by atoms with E-state index in [9.17, 15) is 14.9 Å². The maximum absolute atomic E-state index is 13.8. The number of nitrogens with zero attached hydrogens (tertiary/aromatic N) is 3. The molecule has 9 heteroatoms. The van der Waals surface area contributed by atoms with Crippen molar-refractivity contribution in [2.75, 3.05) is 5.32 Å². The van der Waals surface area contributed by atoms with E-state index >= 15 is 0 Å². The van der Waals surface area contributed by atoms with Crippen LogP contribution in [0.2, 0.25) is 0 Å². The van der Waals surface area contributed by atoms with E-state index in [-0.39, 0.29) is 29.1 Å². The van der Waals surface area contributed by atoms with E-state index < -0.39 is 11.0 Å². The molecular formula is C26H20BrN5O3. The first-order valence-electron chi connectivity index (χ1n) is 11.2. The number of benzene rings is 3. The molecule has 1 atom stereocenters. The zero-order chi connectivity index (χ0) is 24.4. The molecule has 2 bridgehead atoms. The molecule has 0 radical (unpaired) electrons. The summed E-state index contributed by atoms with van der Waals surface area (Å²) in [6.45, 7) is 1.81. The van der Waals surface area contributed by atoms with Crippen molar-refractivity contribution in [3.8, 4) is 11.4 Å². The zero-order valence-corrected chi connectivity index (χ0v) is 20.2. The summed E-state index contributed by atoms with van der Waals surface area (Å²) < 4.78 is 0.936. The number of hydrogen-bond donors (Lipinski definition) is 2. The van der Waals surface area contributed by atoms with Gasteiger partial charge in [-0.05, 0) is 30.2 Å². The van der Waals surface area contributed by atoms with Crippen molar-refractivity contribution in [3.63, 3.8) is 0 Å². The standard InChI is InChI=1S/C26H20BrN5O3/c1-25(23(33)29-24-28-22(30-31-24)15-10-12-16(27)13-11-15)14-26(32(34)35)19-8-4-2-6-17(19)21(25)18-7-3-5-9-20(18)26/h2-13,21H,14H2,1H3,(H2,28,29,30,31,33). The lowest BCUT2D eigenvalue weighted by molar-refractivity contribution is -0.573. The molecule has 35 heavy (non-hydrogen) atoms. The smallest absolute Gasteiger partial charge is 0.273 e. The summed E-state index contributed by atoms with van der Waals surface area (Å²) in [5.74, 6) is -0.0188. The Morgan fingerprint density at radius 3 is 2.26 bits per heavy atom. The largest absolute Gasteiger partial charge is 0.294 e. The van der Waals surface area contributed by atoms with Crippen LogP contribution in [0, 0.1) is 15.5 Å². The van der Waals surface area contributed by atoms with Gasteiger partial charge in [-0.25, -0.2) is 5.10 Å². The Hall–Kier alpha value is -3.85. The van der Waals surface area contributed by atoms with E-state index in [1.165, 1.54) is 0 Å². The number of amides is 1. The molecule has 3 aromatic carbocycles. The molecule has 0 fully saturated rings. The van der Waals surface area contributed by atoms with Gasteiger partial charge in [0.05, 0.1) is 5.41 Å². The third-order valence-electron chi connectivity index (χ3n) is 7.35. The predicted octanol–water partition coefficient (Wildman–Crippen LogP) is 5.25. The summed E-state index contributed by atoms with van der Waals surface area (Å²) in [7, 11) is 0. The second-order valence-corrected chi connectivity index (χ2v) is 10.2. The molecule has 7 rings (SSSR count). The fraction of sp³-hybridized carbons (Fsp3) is 0.192. The molecule has 0 saturated carbocycles. The second kappa shape index (κ2) is 7.58. The highest BCUT2D eigenvalue weighted by molar-refractivity contribution is 9.10. The first kappa shape index (κ1) is 21.7. The van der Waals surface area contributed by atoms with Crippen molar-refractivity contribution in [3.05, 3.63) is 110 Å². The van der Waals surface area contributed by atoms with Crippen molar-refractivity contribution in [1.82, 2.24) is 15.2 Å². The van der Waals surface area contributed by atoms with Crippen molar-refractivity contribution in [1.29, 1.82) is 0 Å². The Kier molecular flexibility index (Phi) is 4.69. The van der Waals surface area contributed by atoms with Crippen LogP contribution in [0.1, 0.15) is 41.5 Å². The van der Waals surface area contributed by atoms with Crippen molar-refractivity contribution >= 4 is 27.8 Å². The minimum atomic E-state index is -1.50. The van der Waals surface area contributed by atoms with E-state index in [1.807, 2.05) is 79.7 Å². The average Bonchev–Trinajstić information content (AvgIpc) is 3.33. The summed E-state index contributed by atoms with van der Waals surface area (Å²) in [6.07, 6.45) is 0.0469. The number of halogens is 1. The van der Waals surface area contributed by atoms with E-state index in [0.717, 1.165) is 21.2 Å². The molecular weight excluding hydrogens is 510 g/mol. The van der Waals surface area contributed by atoms with Crippen LogP contribution in [-0.2, 0) is 10.3 Å². The number of hydrogen-bond acceptors (Lipinski definition) is 5. The molecule has 174 valence electrons. The lowest BCUT2D eigenvalue weighted by atomic mass is 9.49. The van der Waals surface area contributed by atoms with E-state index in [2.05, 4.69) is 36.4 Å². The molecule has 4 aromatic rings. The van der Waals surface area contributed by atoms with Gasteiger partial charge in [0.2, 0.25) is 11.9 Å². The van der Waals surface area contributed by atoms with Crippen molar-refractivity contribution < 1.29 is 9.72 Å². The molecule has 8 nitrogen and oxygen atoms in total. The third-order valence-corrected chi connectivity index (χ3v) is 7.87. The van der Waals surface area contributed by atoms with Crippen LogP contribution in [0.15, 0.2) is 77.3 Å². The fourth-order valence-corrected chi connectivity index (χ4v) is 6.11. The Bertz CT molecular complexity index is 1450. The minimum Gasteiger partial charge on any atom is -0.294 e.